The van der Waals surface area contributed by atoms with E-state index in [9.17, 15) is 9.59 Å². The number of benzene rings is 1. The first-order valence-electron chi connectivity index (χ1n) is 6.29. The maximum Gasteiger partial charge on any atom is 0.258 e. The van der Waals surface area contributed by atoms with Gasteiger partial charge in [-0.2, -0.15) is 0 Å². The molecule has 0 radical (unpaired) electrons. The van der Waals surface area contributed by atoms with Crippen LogP contribution in [0.25, 0.3) is 0 Å². The Bertz CT molecular complexity index is 533. The summed E-state index contributed by atoms with van der Waals surface area (Å²) in [6, 6.07) is 5.60. The molecule has 1 fully saturated rings. The first-order chi connectivity index (χ1) is 8.63. The van der Waals surface area contributed by atoms with E-state index >= 15 is 0 Å². The molecule has 0 aromatic heterocycles. The second-order valence-electron chi connectivity index (χ2n) is 5.12. The lowest BCUT2D eigenvalue weighted by Gasteiger charge is -2.40. The van der Waals surface area contributed by atoms with Gasteiger partial charge in [-0.3, -0.25) is 14.9 Å². The van der Waals surface area contributed by atoms with Gasteiger partial charge >= 0.3 is 0 Å². The van der Waals surface area contributed by atoms with Crippen LogP contribution in [0.3, 0.4) is 0 Å². The molecule has 1 heterocycles. The lowest BCUT2D eigenvalue weighted by atomic mass is 9.66. The highest BCUT2D eigenvalue weighted by molar-refractivity contribution is 9.10. The maximum absolute atomic E-state index is 12.3. The van der Waals surface area contributed by atoms with Gasteiger partial charge in [0.15, 0.2) is 0 Å². The quantitative estimate of drug-likeness (QED) is 0.749. The van der Waals surface area contributed by atoms with Gasteiger partial charge in [-0.1, -0.05) is 35.2 Å². The van der Waals surface area contributed by atoms with Crippen molar-refractivity contribution in [1.82, 2.24) is 5.32 Å². The SMILES string of the molecule is O=C1NC(=O)C2(CCCCC2)c2cc(Br)ccc21. The van der Waals surface area contributed by atoms with E-state index in [1.54, 1.807) is 6.07 Å². The van der Waals surface area contributed by atoms with Crippen LogP contribution in [-0.2, 0) is 10.2 Å². The number of imide groups is 1. The van der Waals surface area contributed by atoms with Crippen molar-refractivity contribution in [2.75, 3.05) is 0 Å². The molecule has 4 heteroatoms. The molecule has 2 amide bonds. The van der Waals surface area contributed by atoms with E-state index in [0.29, 0.717) is 5.56 Å². The van der Waals surface area contributed by atoms with Crippen molar-refractivity contribution in [3.63, 3.8) is 0 Å². The van der Waals surface area contributed by atoms with E-state index in [1.807, 2.05) is 12.1 Å². The second kappa shape index (κ2) is 4.19. The molecule has 0 saturated heterocycles. The summed E-state index contributed by atoms with van der Waals surface area (Å²) in [6.45, 7) is 0. The van der Waals surface area contributed by atoms with E-state index in [4.69, 9.17) is 0 Å². The van der Waals surface area contributed by atoms with E-state index in [0.717, 1.165) is 35.7 Å². The van der Waals surface area contributed by atoms with Crippen molar-refractivity contribution in [1.29, 1.82) is 0 Å². The summed E-state index contributed by atoms with van der Waals surface area (Å²) in [4.78, 5) is 24.2. The third kappa shape index (κ3) is 1.62. The Morgan fingerprint density at radius 3 is 2.56 bits per heavy atom. The second-order valence-corrected chi connectivity index (χ2v) is 6.03. The highest BCUT2D eigenvalue weighted by Crippen LogP contribution is 2.43. The van der Waals surface area contributed by atoms with Crippen molar-refractivity contribution in [2.24, 2.45) is 0 Å². The molecule has 0 unspecified atom stereocenters. The number of halogens is 1. The normalized spacial score (nSPS) is 21.6. The molecule has 0 atom stereocenters. The van der Waals surface area contributed by atoms with Crippen LogP contribution in [0.1, 0.15) is 48.0 Å². The van der Waals surface area contributed by atoms with Crippen LogP contribution in [0.5, 0.6) is 0 Å². The van der Waals surface area contributed by atoms with E-state index < -0.39 is 5.41 Å². The highest BCUT2D eigenvalue weighted by atomic mass is 79.9. The van der Waals surface area contributed by atoms with Gasteiger partial charge in [0.1, 0.15) is 0 Å². The predicted molar refractivity (Wildman–Crippen MR) is 71.4 cm³/mol. The number of carbonyl (C=O) groups is 2. The van der Waals surface area contributed by atoms with E-state index in [-0.39, 0.29) is 11.8 Å². The Hall–Kier alpha value is -1.16. The molecule has 1 saturated carbocycles. The van der Waals surface area contributed by atoms with Crippen molar-refractivity contribution in [3.05, 3.63) is 33.8 Å². The van der Waals surface area contributed by atoms with Crippen LogP contribution in [0.2, 0.25) is 0 Å². The van der Waals surface area contributed by atoms with E-state index in [1.165, 1.54) is 6.42 Å². The van der Waals surface area contributed by atoms with Crippen LogP contribution < -0.4 is 5.32 Å². The smallest absolute Gasteiger partial charge is 0.258 e. The number of rotatable bonds is 0. The summed E-state index contributed by atoms with van der Waals surface area (Å²) in [5.74, 6) is -0.378. The van der Waals surface area contributed by atoms with Gasteiger partial charge in [-0.15, -0.1) is 0 Å². The number of carbonyl (C=O) groups excluding carboxylic acids is 2. The predicted octanol–water partition coefficient (Wildman–Crippen LogP) is 2.92. The zero-order valence-electron chi connectivity index (χ0n) is 9.96. The Morgan fingerprint density at radius 1 is 1.11 bits per heavy atom. The number of hydrogen-bond acceptors (Lipinski definition) is 2. The number of amides is 2. The lowest BCUT2D eigenvalue weighted by molar-refractivity contribution is -0.127. The summed E-state index contributed by atoms with van der Waals surface area (Å²) in [6.07, 6.45) is 4.96. The molecule has 1 aromatic carbocycles. The van der Waals surface area contributed by atoms with Crippen LogP contribution in [-0.4, -0.2) is 11.8 Å². The fourth-order valence-corrected chi connectivity index (χ4v) is 3.54. The summed E-state index contributed by atoms with van der Waals surface area (Å²) in [5, 5.41) is 2.52. The topological polar surface area (TPSA) is 46.2 Å². The van der Waals surface area contributed by atoms with Crippen molar-refractivity contribution in [3.8, 4) is 0 Å². The van der Waals surface area contributed by atoms with Gasteiger partial charge in [-0.25, -0.2) is 0 Å². The Labute approximate surface area is 114 Å². The summed E-state index contributed by atoms with van der Waals surface area (Å²) in [5.41, 5.74) is 1.08. The van der Waals surface area contributed by atoms with Crippen LogP contribution >= 0.6 is 15.9 Å². The summed E-state index contributed by atoms with van der Waals surface area (Å²) < 4.78 is 0.925. The average molecular weight is 308 g/mol. The minimum absolute atomic E-state index is 0.113. The number of fused-ring (bicyclic) bond motifs is 2. The van der Waals surface area contributed by atoms with Gasteiger partial charge in [0.2, 0.25) is 5.91 Å². The molecular weight excluding hydrogens is 294 g/mol. The lowest BCUT2D eigenvalue weighted by Crippen LogP contribution is -2.52. The van der Waals surface area contributed by atoms with Crippen LogP contribution in [0.15, 0.2) is 22.7 Å². The molecule has 18 heavy (non-hydrogen) atoms. The van der Waals surface area contributed by atoms with E-state index in [2.05, 4.69) is 21.2 Å². The number of hydrogen-bond donors (Lipinski definition) is 1. The fraction of sp³-hybridized carbons (Fsp3) is 0.429. The third-order valence-corrected chi connectivity index (χ3v) is 4.60. The molecule has 1 aliphatic heterocycles. The molecule has 1 N–H and O–H groups in total. The molecule has 3 nitrogen and oxygen atoms in total. The molecule has 2 aliphatic rings. The molecule has 0 bridgehead atoms. The van der Waals surface area contributed by atoms with Gasteiger partial charge < -0.3 is 0 Å². The van der Waals surface area contributed by atoms with Gasteiger partial charge in [0.25, 0.3) is 5.91 Å². The Kier molecular flexibility index (Phi) is 2.77. The fourth-order valence-electron chi connectivity index (χ4n) is 3.17. The molecule has 1 aromatic rings. The van der Waals surface area contributed by atoms with Crippen LogP contribution in [0, 0.1) is 0 Å². The van der Waals surface area contributed by atoms with Crippen molar-refractivity contribution in [2.45, 2.75) is 37.5 Å². The molecule has 1 aliphatic carbocycles. The molecule has 1 spiro atoms. The van der Waals surface area contributed by atoms with Gasteiger partial charge in [0.05, 0.1) is 5.41 Å². The minimum atomic E-state index is -0.481. The van der Waals surface area contributed by atoms with Gasteiger partial charge in [-0.05, 0) is 36.6 Å². The van der Waals surface area contributed by atoms with Crippen LogP contribution in [0.4, 0.5) is 0 Å². The first kappa shape index (κ1) is 11.9. The number of nitrogens with one attached hydrogen (secondary N) is 1. The summed E-state index contributed by atoms with van der Waals surface area (Å²) in [7, 11) is 0. The Morgan fingerprint density at radius 2 is 1.83 bits per heavy atom. The molecule has 94 valence electrons. The summed E-state index contributed by atoms with van der Waals surface area (Å²) >= 11 is 3.44. The largest absolute Gasteiger partial charge is 0.292 e. The third-order valence-electron chi connectivity index (χ3n) is 4.11. The van der Waals surface area contributed by atoms with Crippen molar-refractivity contribution >= 4 is 27.7 Å². The maximum atomic E-state index is 12.3. The minimum Gasteiger partial charge on any atom is -0.292 e. The standard InChI is InChI=1S/C14H14BrNO2/c15-9-4-5-10-11(8-9)14(6-2-1-3-7-14)13(18)16-12(10)17/h4-5,8H,1-3,6-7H2,(H,16,17,18). The monoisotopic (exact) mass is 307 g/mol. The molecular formula is C14H14BrNO2. The first-order valence-corrected chi connectivity index (χ1v) is 7.09. The molecule has 3 rings (SSSR count). The zero-order chi connectivity index (χ0) is 12.8. The highest BCUT2D eigenvalue weighted by Gasteiger charge is 2.47. The van der Waals surface area contributed by atoms with Crippen molar-refractivity contribution < 1.29 is 9.59 Å². The zero-order valence-corrected chi connectivity index (χ0v) is 11.5. The Balaban J connectivity index is 2.20. The van der Waals surface area contributed by atoms with Gasteiger partial charge in [0, 0.05) is 10.0 Å². The average Bonchev–Trinajstić information content (AvgIpc) is 2.37.